The van der Waals surface area contributed by atoms with E-state index in [2.05, 4.69) is 193 Å². The Kier molecular flexibility index (Phi) is 7.54. The van der Waals surface area contributed by atoms with Crippen molar-refractivity contribution in [3.63, 3.8) is 0 Å². The van der Waals surface area contributed by atoms with Gasteiger partial charge in [0.05, 0.1) is 11.0 Å². The molecule has 5 nitrogen and oxygen atoms in total. The van der Waals surface area contributed by atoms with Crippen molar-refractivity contribution in [2.75, 3.05) is 0 Å². The van der Waals surface area contributed by atoms with E-state index >= 15 is 0 Å². The van der Waals surface area contributed by atoms with Gasteiger partial charge in [0.1, 0.15) is 11.2 Å². The predicted octanol–water partition coefficient (Wildman–Crippen LogP) is 15.0. The largest absolute Gasteiger partial charge is 0.456 e. The molecule has 3 heterocycles. The summed E-state index contributed by atoms with van der Waals surface area (Å²) in [5, 5.41) is 11.7. The lowest BCUT2D eigenvalue weighted by Gasteiger charge is -2.11. The lowest BCUT2D eigenvalue weighted by molar-refractivity contribution is 0.669. The molecule has 3 aromatic heterocycles. The Morgan fingerprint density at radius 2 is 0.887 bits per heavy atom. The van der Waals surface area contributed by atoms with Crippen LogP contribution in [0.4, 0.5) is 0 Å². The summed E-state index contributed by atoms with van der Waals surface area (Å²) in [6.45, 7) is 0. The van der Waals surface area contributed by atoms with Crippen LogP contribution in [0.25, 0.3) is 127 Å². The molecular formula is C57H34N4O. The second-order valence-corrected chi connectivity index (χ2v) is 16.0. The Morgan fingerprint density at radius 3 is 1.61 bits per heavy atom. The maximum Gasteiger partial charge on any atom is 0.164 e. The molecule has 0 amide bonds. The second kappa shape index (κ2) is 13.6. The molecule has 0 unspecified atom stereocenters. The summed E-state index contributed by atoms with van der Waals surface area (Å²) in [5.41, 5.74) is 9.94. The molecular weight excluding hydrogens is 757 g/mol. The third-order valence-electron chi connectivity index (χ3n) is 12.4. The van der Waals surface area contributed by atoms with E-state index < -0.39 is 0 Å². The molecule has 0 N–H and O–H groups in total. The number of nitrogens with zero attached hydrogens (tertiary/aromatic N) is 4. The van der Waals surface area contributed by atoms with E-state index in [9.17, 15) is 0 Å². The maximum absolute atomic E-state index is 6.63. The van der Waals surface area contributed by atoms with Crippen LogP contribution in [0, 0.1) is 0 Å². The van der Waals surface area contributed by atoms with Gasteiger partial charge >= 0.3 is 0 Å². The number of rotatable bonds is 5. The third-order valence-corrected chi connectivity index (χ3v) is 12.4. The summed E-state index contributed by atoms with van der Waals surface area (Å²) in [4.78, 5) is 15.6. The fraction of sp³-hybridized carbons (Fsp3) is 0. The smallest absolute Gasteiger partial charge is 0.164 e. The molecule has 288 valence electrons. The zero-order valence-corrected chi connectivity index (χ0v) is 33.3. The number of furan rings is 1. The summed E-state index contributed by atoms with van der Waals surface area (Å²) in [6.07, 6.45) is 0. The van der Waals surface area contributed by atoms with Crippen LogP contribution in [-0.4, -0.2) is 19.5 Å². The number of fused-ring (bicyclic) bond motifs is 11. The minimum Gasteiger partial charge on any atom is -0.456 e. The number of hydrogen-bond donors (Lipinski definition) is 0. The fourth-order valence-corrected chi connectivity index (χ4v) is 9.49. The molecule has 0 atom stereocenters. The Hall–Kier alpha value is -8.41. The number of benzene rings is 10. The van der Waals surface area contributed by atoms with Crippen LogP contribution in [0.15, 0.2) is 211 Å². The molecule has 0 aliphatic heterocycles. The zero-order valence-electron chi connectivity index (χ0n) is 33.3. The molecule has 13 aromatic rings. The summed E-state index contributed by atoms with van der Waals surface area (Å²) in [6, 6.07) is 72.8. The predicted molar refractivity (Wildman–Crippen MR) is 256 cm³/mol. The normalized spacial score (nSPS) is 11.9. The maximum atomic E-state index is 6.63. The monoisotopic (exact) mass is 790 g/mol. The Morgan fingerprint density at radius 1 is 0.323 bits per heavy atom. The van der Waals surface area contributed by atoms with Crippen molar-refractivity contribution in [1.82, 2.24) is 19.5 Å². The van der Waals surface area contributed by atoms with Crippen molar-refractivity contribution in [2.45, 2.75) is 0 Å². The zero-order chi connectivity index (χ0) is 40.7. The van der Waals surface area contributed by atoms with E-state index in [1.54, 1.807) is 0 Å². The van der Waals surface area contributed by atoms with Gasteiger partial charge in [0.15, 0.2) is 17.5 Å². The summed E-state index contributed by atoms with van der Waals surface area (Å²) < 4.78 is 9.04. The summed E-state index contributed by atoms with van der Waals surface area (Å²) in [7, 11) is 0. The first-order chi connectivity index (χ1) is 30.7. The molecule has 0 saturated heterocycles. The van der Waals surface area contributed by atoms with Gasteiger partial charge in [0.2, 0.25) is 0 Å². The van der Waals surface area contributed by atoms with Crippen molar-refractivity contribution in [3.8, 4) is 51.0 Å². The first-order valence-electron chi connectivity index (χ1n) is 20.9. The van der Waals surface area contributed by atoms with Crippen LogP contribution in [0.5, 0.6) is 0 Å². The lowest BCUT2D eigenvalue weighted by atomic mass is 10.00. The van der Waals surface area contributed by atoms with Gasteiger partial charge < -0.3 is 8.98 Å². The minimum absolute atomic E-state index is 0.582. The van der Waals surface area contributed by atoms with Crippen LogP contribution in [0.1, 0.15) is 0 Å². The highest BCUT2D eigenvalue weighted by Crippen LogP contribution is 2.43. The van der Waals surface area contributed by atoms with Crippen molar-refractivity contribution < 1.29 is 4.42 Å². The molecule has 0 spiro atoms. The highest BCUT2D eigenvalue weighted by atomic mass is 16.3. The Labute approximate surface area is 355 Å². The molecule has 5 heteroatoms. The van der Waals surface area contributed by atoms with Gasteiger partial charge in [0, 0.05) is 43.9 Å². The van der Waals surface area contributed by atoms with E-state index in [0.717, 1.165) is 77.2 Å². The van der Waals surface area contributed by atoms with E-state index in [1.807, 2.05) is 18.2 Å². The SMILES string of the molecule is c1ccc(-c2ccc(-c3nc(-c4ccc5ccccc5c4)nc(-c4cccc5oc6ccc(-n7c8ccc9ccccc9c8c8c9ccccc9ccc87)cc6c45)n3)cc2)cc1. The van der Waals surface area contributed by atoms with Crippen LogP contribution in [0.2, 0.25) is 0 Å². The van der Waals surface area contributed by atoms with Crippen molar-refractivity contribution in [2.24, 2.45) is 0 Å². The van der Waals surface area contributed by atoms with Crippen LogP contribution in [-0.2, 0) is 0 Å². The first kappa shape index (κ1) is 34.5. The second-order valence-electron chi connectivity index (χ2n) is 16.0. The Balaban J connectivity index is 1.04. The topological polar surface area (TPSA) is 56.7 Å². The van der Waals surface area contributed by atoms with Gasteiger partial charge in [-0.1, -0.05) is 164 Å². The van der Waals surface area contributed by atoms with Crippen LogP contribution in [0.3, 0.4) is 0 Å². The number of aromatic nitrogens is 4. The molecule has 13 rings (SSSR count). The van der Waals surface area contributed by atoms with Crippen molar-refractivity contribution >= 4 is 76.1 Å². The average molecular weight is 791 g/mol. The highest BCUT2D eigenvalue weighted by molar-refractivity contribution is 6.28. The molecule has 0 bridgehead atoms. The lowest BCUT2D eigenvalue weighted by Crippen LogP contribution is -2.00. The molecule has 0 fully saturated rings. The van der Waals surface area contributed by atoms with Gasteiger partial charge in [-0.15, -0.1) is 0 Å². The fourth-order valence-electron chi connectivity index (χ4n) is 9.49. The van der Waals surface area contributed by atoms with E-state index in [1.165, 1.54) is 32.3 Å². The third kappa shape index (κ3) is 5.38. The molecule has 0 radical (unpaired) electrons. The molecule has 0 aliphatic rings. The van der Waals surface area contributed by atoms with Crippen molar-refractivity contribution in [3.05, 3.63) is 206 Å². The summed E-state index contributed by atoms with van der Waals surface area (Å²) >= 11 is 0. The Bertz CT molecular complexity index is 3830. The molecule has 0 aliphatic carbocycles. The minimum atomic E-state index is 0.582. The summed E-state index contributed by atoms with van der Waals surface area (Å²) in [5.74, 6) is 1.80. The average Bonchev–Trinajstić information content (AvgIpc) is 3.90. The van der Waals surface area contributed by atoms with E-state index in [4.69, 9.17) is 19.4 Å². The quantitative estimate of drug-likeness (QED) is 0.174. The van der Waals surface area contributed by atoms with Gasteiger partial charge in [-0.05, 0) is 85.9 Å². The number of hydrogen-bond acceptors (Lipinski definition) is 4. The van der Waals surface area contributed by atoms with Crippen molar-refractivity contribution in [1.29, 1.82) is 0 Å². The van der Waals surface area contributed by atoms with Gasteiger partial charge in [0.25, 0.3) is 0 Å². The first-order valence-corrected chi connectivity index (χ1v) is 20.9. The molecule has 62 heavy (non-hydrogen) atoms. The van der Waals surface area contributed by atoms with E-state index in [-0.39, 0.29) is 0 Å². The standard InChI is InChI=1S/C57H34N4O/c1-2-11-35(12-3-1)37-21-24-40(25-22-37)55-58-56(42-26-23-36-13-4-5-16-41(36)33-42)60-57(59-55)46-19-10-20-51-52(46)47-34-43(29-32-50(47)62-51)61-48-30-27-38-14-6-8-17-44(38)53(48)54-45-18-9-7-15-39(45)28-31-49(54)61/h1-34H. The highest BCUT2D eigenvalue weighted by Gasteiger charge is 2.21. The molecule has 0 saturated carbocycles. The van der Waals surface area contributed by atoms with Crippen LogP contribution < -0.4 is 0 Å². The van der Waals surface area contributed by atoms with Gasteiger partial charge in [-0.2, -0.15) is 0 Å². The van der Waals surface area contributed by atoms with Crippen LogP contribution >= 0.6 is 0 Å². The van der Waals surface area contributed by atoms with Gasteiger partial charge in [-0.25, -0.2) is 15.0 Å². The van der Waals surface area contributed by atoms with Gasteiger partial charge in [-0.3, -0.25) is 0 Å². The molecule has 10 aromatic carbocycles. The van der Waals surface area contributed by atoms with E-state index in [0.29, 0.717) is 17.5 Å².